The predicted molar refractivity (Wildman–Crippen MR) is 45.6 cm³/mol. The minimum atomic E-state index is -2.54. The molecule has 0 bridgehead atoms. The molecule has 6 heteroatoms. The fourth-order valence-corrected chi connectivity index (χ4v) is 1.52. The summed E-state index contributed by atoms with van der Waals surface area (Å²) in [5.74, 6) is 0. The van der Waals surface area contributed by atoms with E-state index in [1.165, 1.54) is 16.9 Å². The summed E-state index contributed by atoms with van der Waals surface area (Å²) in [6, 6.07) is 1.34. The van der Waals surface area contributed by atoms with E-state index in [1.807, 2.05) is 0 Å². The van der Waals surface area contributed by atoms with Crippen LogP contribution in [0.15, 0.2) is 23.1 Å². The number of halogens is 3. The van der Waals surface area contributed by atoms with Crippen molar-refractivity contribution in [2.45, 2.75) is 6.43 Å². The Morgan fingerprint density at radius 3 is 2.92 bits per heavy atom. The van der Waals surface area contributed by atoms with Gasteiger partial charge >= 0.3 is 0 Å². The van der Waals surface area contributed by atoms with E-state index in [9.17, 15) is 8.78 Å². The van der Waals surface area contributed by atoms with Gasteiger partial charge in [0.1, 0.15) is 6.33 Å². The van der Waals surface area contributed by atoms with Crippen LogP contribution in [-0.4, -0.2) is 14.6 Å². The number of pyridine rings is 1. The molecule has 0 N–H and O–H groups in total. The molecule has 68 valence electrons. The maximum atomic E-state index is 12.5. The first-order valence-electron chi connectivity index (χ1n) is 3.45. The molecule has 2 aromatic rings. The Morgan fingerprint density at radius 2 is 2.23 bits per heavy atom. The summed E-state index contributed by atoms with van der Waals surface area (Å²) in [7, 11) is 0. The fraction of sp³-hybridized carbons (Fsp3) is 0.143. The van der Waals surface area contributed by atoms with Crippen LogP contribution in [0.1, 0.15) is 12.0 Å². The molecule has 0 saturated heterocycles. The molecule has 0 saturated carbocycles. The van der Waals surface area contributed by atoms with Gasteiger partial charge in [-0.1, -0.05) is 0 Å². The van der Waals surface area contributed by atoms with E-state index < -0.39 is 6.43 Å². The number of aromatic nitrogens is 3. The number of rotatable bonds is 1. The zero-order chi connectivity index (χ0) is 9.42. The molecule has 0 atom stereocenters. The average molecular weight is 248 g/mol. The van der Waals surface area contributed by atoms with Crippen LogP contribution in [0.4, 0.5) is 8.78 Å². The molecule has 0 radical (unpaired) electrons. The van der Waals surface area contributed by atoms with Crippen molar-refractivity contribution in [3.05, 3.63) is 28.6 Å². The quantitative estimate of drug-likeness (QED) is 0.775. The summed E-state index contributed by atoms with van der Waals surface area (Å²) in [6.07, 6.45) is 0.284. The van der Waals surface area contributed by atoms with Crippen LogP contribution in [-0.2, 0) is 0 Å². The lowest BCUT2D eigenvalue weighted by atomic mass is 10.3. The molecule has 0 amide bonds. The van der Waals surface area contributed by atoms with Crippen molar-refractivity contribution in [3.63, 3.8) is 0 Å². The van der Waals surface area contributed by atoms with Gasteiger partial charge in [0.15, 0.2) is 5.65 Å². The number of fused-ring (bicyclic) bond motifs is 1. The normalized spacial score (nSPS) is 11.4. The maximum absolute atomic E-state index is 12.5. The molecule has 0 aromatic carbocycles. The van der Waals surface area contributed by atoms with Crippen LogP contribution in [0.25, 0.3) is 5.65 Å². The molecule has 2 rings (SSSR count). The third kappa shape index (κ3) is 1.41. The third-order valence-electron chi connectivity index (χ3n) is 1.61. The minimum absolute atomic E-state index is 0.119. The number of hydrogen-bond acceptors (Lipinski definition) is 2. The largest absolute Gasteiger partial charge is 0.267 e. The molecule has 0 aliphatic rings. The molecule has 3 nitrogen and oxygen atoms in total. The highest BCUT2D eigenvalue weighted by Crippen LogP contribution is 2.25. The molecular formula is C7H4BrF2N3. The third-order valence-corrected chi connectivity index (χ3v) is 2.04. The van der Waals surface area contributed by atoms with Crippen LogP contribution in [0.5, 0.6) is 0 Å². The predicted octanol–water partition coefficient (Wildman–Crippen LogP) is 2.43. The van der Waals surface area contributed by atoms with Crippen LogP contribution in [0, 0.1) is 0 Å². The first kappa shape index (κ1) is 8.55. The molecular weight excluding hydrogens is 244 g/mol. The molecule has 0 aliphatic carbocycles. The summed E-state index contributed by atoms with van der Waals surface area (Å²) in [6.45, 7) is 0. The molecule has 0 unspecified atom stereocenters. The average Bonchev–Trinajstić information content (AvgIpc) is 2.49. The number of nitrogens with zero attached hydrogens (tertiary/aromatic N) is 3. The number of hydrogen-bond donors (Lipinski definition) is 0. The Kier molecular flexibility index (Phi) is 1.99. The first-order valence-corrected chi connectivity index (χ1v) is 4.24. The van der Waals surface area contributed by atoms with Gasteiger partial charge in [-0.15, -0.1) is 0 Å². The second-order valence-electron chi connectivity index (χ2n) is 2.44. The molecule has 2 heterocycles. The molecule has 0 fully saturated rings. The Morgan fingerprint density at radius 1 is 1.46 bits per heavy atom. The Hall–Kier alpha value is -1.04. The van der Waals surface area contributed by atoms with E-state index in [2.05, 4.69) is 26.0 Å². The lowest BCUT2D eigenvalue weighted by molar-refractivity contribution is 0.152. The van der Waals surface area contributed by atoms with Gasteiger partial charge in [-0.3, -0.25) is 0 Å². The summed E-state index contributed by atoms with van der Waals surface area (Å²) >= 11 is 3.11. The van der Waals surface area contributed by atoms with Crippen molar-refractivity contribution in [1.29, 1.82) is 0 Å². The van der Waals surface area contributed by atoms with Gasteiger partial charge in [0.05, 0.1) is 5.56 Å². The van der Waals surface area contributed by atoms with Gasteiger partial charge in [0.2, 0.25) is 0 Å². The van der Waals surface area contributed by atoms with Gasteiger partial charge in [0.25, 0.3) is 6.43 Å². The second kappa shape index (κ2) is 3.02. The number of alkyl halides is 2. The lowest BCUT2D eigenvalue weighted by Crippen LogP contribution is -1.94. The standard InChI is InChI=1S/C7H4BrF2N3/c8-4-1-5(6(9)10)7-11-3-12-13(7)2-4/h1-3,6H. The van der Waals surface area contributed by atoms with Gasteiger partial charge in [-0.05, 0) is 22.0 Å². The van der Waals surface area contributed by atoms with Crippen LogP contribution < -0.4 is 0 Å². The zero-order valence-electron chi connectivity index (χ0n) is 6.28. The molecule has 0 spiro atoms. The van der Waals surface area contributed by atoms with Gasteiger partial charge < -0.3 is 0 Å². The lowest BCUT2D eigenvalue weighted by Gasteiger charge is -2.01. The smallest absolute Gasteiger partial charge is 0.220 e. The van der Waals surface area contributed by atoms with Gasteiger partial charge in [-0.25, -0.2) is 18.3 Å². The Bertz CT molecular complexity index is 440. The first-order chi connectivity index (χ1) is 6.18. The van der Waals surface area contributed by atoms with E-state index in [0.29, 0.717) is 4.47 Å². The van der Waals surface area contributed by atoms with E-state index in [4.69, 9.17) is 0 Å². The van der Waals surface area contributed by atoms with Crippen LogP contribution >= 0.6 is 15.9 Å². The fourth-order valence-electron chi connectivity index (χ4n) is 1.08. The Balaban J connectivity index is 2.77. The van der Waals surface area contributed by atoms with Crippen molar-refractivity contribution in [3.8, 4) is 0 Å². The van der Waals surface area contributed by atoms with Crippen LogP contribution in [0.2, 0.25) is 0 Å². The molecule has 13 heavy (non-hydrogen) atoms. The van der Waals surface area contributed by atoms with Crippen LogP contribution in [0.3, 0.4) is 0 Å². The minimum Gasteiger partial charge on any atom is -0.220 e. The van der Waals surface area contributed by atoms with Crippen molar-refractivity contribution in [2.24, 2.45) is 0 Å². The van der Waals surface area contributed by atoms with E-state index in [-0.39, 0.29) is 11.2 Å². The summed E-state index contributed by atoms with van der Waals surface area (Å²) in [4.78, 5) is 3.73. The summed E-state index contributed by atoms with van der Waals surface area (Å²) in [5.41, 5.74) is 0.0741. The SMILES string of the molecule is FC(F)c1cc(Br)cn2ncnc12. The molecule has 0 aliphatic heterocycles. The van der Waals surface area contributed by atoms with Crippen molar-refractivity contribution in [1.82, 2.24) is 14.6 Å². The van der Waals surface area contributed by atoms with E-state index >= 15 is 0 Å². The van der Waals surface area contributed by atoms with Crippen molar-refractivity contribution < 1.29 is 8.78 Å². The highest BCUT2D eigenvalue weighted by atomic mass is 79.9. The maximum Gasteiger partial charge on any atom is 0.267 e. The summed E-state index contributed by atoms with van der Waals surface area (Å²) < 4.78 is 26.8. The van der Waals surface area contributed by atoms with Crippen molar-refractivity contribution in [2.75, 3.05) is 0 Å². The van der Waals surface area contributed by atoms with Gasteiger partial charge in [0, 0.05) is 10.7 Å². The van der Waals surface area contributed by atoms with E-state index in [1.54, 1.807) is 6.20 Å². The monoisotopic (exact) mass is 247 g/mol. The van der Waals surface area contributed by atoms with Crippen molar-refractivity contribution >= 4 is 21.6 Å². The topological polar surface area (TPSA) is 30.2 Å². The van der Waals surface area contributed by atoms with Gasteiger partial charge in [-0.2, -0.15) is 5.10 Å². The highest BCUT2D eigenvalue weighted by molar-refractivity contribution is 9.10. The highest BCUT2D eigenvalue weighted by Gasteiger charge is 2.14. The Labute approximate surface area is 80.5 Å². The zero-order valence-corrected chi connectivity index (χ0v) is 7.87. The second-order valence-corrected chi connectivity index (χ2v) is 3.36. The van der Waals surface area contributed by atoms with E-state index in [0.717, 1.165) is 0 Å². The molecule has 2 aromatic heterocycles. The summed E-state index contributed by atoms with van der Waals surface area (Å²) in [5, 5.41) is 3.76.